The molecule has 0 radical (unpaired) electrons. The van der Waals surface area contributed by atoms with Crippen LogP contribution >= 0.6 is 11.3 Å². The molecule has 0 atom stereocenters. The molecule has 4 nitrogen and oxygen atoms in total. The van der Waals surface area contributed by atoms with Gasteiger partial charge < -0.3 is 15.8 Å². The van der Waals surface area contributed by atoms with Crippen molar-refractivity contribution in [3.05, 3.63) is 4.88 Å². The molecule has 1 aliphatic rings. The number of nitrogens with two attached hydrogens (primary N) is 1. The lowest BCUT2D eigenvalue weighted by atomic mass is 10.1. The normalized spacial score (nSPS) is 16.9. The molecule has 0 saturated heterocycles. The quantitative estimate of drug-likeness (QED) is 0.822. The molecule has 1 heterocycles. The van der Waals surface area contributed by atoms with Crippen LogP contribution in [0.25, 0.3) is 0 Å². The molecule has 1 saturated carbocycles. The molecule has 1 aromatic rings. The number of thiophene rings is 1. The van der Waals surface area contributed by atoms with E-state index >= 15 is 0 Å². The van der Waals surface area contributed by atoms with Gasteiger partial charge in [0.2, 0.25) is 0 Å². The minimum atomic E-state index is 0.459. The molecule has 1 fully saturated rings. The molecule has 1 aromatic heterocycles. The Bertz CT molecular complexity index is 442. The average molecular weight is 265 g/mol. The molecular formula is C13H19N3OS. The van der Waals surface area contributed by atoms with Crippen LogP contribution in [0.4, 0.5) is 10.7 Å². The van der Waals surface area contributed by atoms with E-state index in [0.29, 0.717) is 22.4 Å². The molecule has 0 amide bonds. The fraction of sp³-hybridized carbons (Fsp3) is 0.615. The summed E-state index contributed by atoms with van der Waals surface area (Å²) in [6.45, 7) is 0. The Morgan fingerprint density at radius 1 is 1.33 bits per heavy atom. The van der Waals surface area contributed by atoms with Crippen LogP contribution in [-0.4, -0.2) is 13.2 Å². The molecule has 2 rings (SSSR count). The van der Waals surface area contributed by atoms with Crippen LogP contribution in [0.15, 0.2) is 0 Å². The monoisotopic (exact) mass is 265 g/mol. The van der Waals surface area contributed by atoms with Gasteiger partial charge in [0, 0.05) is 6.04 Å². The minimum Gasteiger partial charge on any atom is -0.492 e. The Labute approximate surface area is 112 Å². The second kappa shape index (κ2) is 5.96. The summed E-state index contributed by atoms with van der Waals surface area (Å²) in [5, 5.41) is 13.4. The lowest BCUT2D eigenvalue weighted by Gasteiger charge is -2.17. The Hall–Kier alpha value is -1.41. The van der Waals surface area contributed by atoms with Gasteiger partial charge in [0.25, 0.3) is 0 Å². The predicted octanol–water partition coefficient (Wildman–Crippen LogP) is 3.35. The number of methoxy groups -OCH3 is 1. The Morgan fingerprint density at radius 2 is 2.00 bits per heavy atom. The van der Waals surface area contributed by atoms with Crippen LogP contribution in [0.1, 0.15) is 43.4 Å². The first-order valence-corrected chi connectivity index (χ1v) is 7.20. The van der Waals surface area contributed by atoms with E-state index in [1.807, 2.05) is 0 Å². The maximum Gasteiger partial charge on any atom is 0.177 e. The van der Waals surface area contributed by atoms with Gasteiger partial charge in [-0.25, -0.2) is 0 Å². The van der Waals surface area contributed by atoms with Gasteiger partial charge in [-0.3, -0.25) is 0 Å². The predicted molar refractivity (Wildman–Crippen MR) is 75.1 cm³/mol. The van der Waals surface area contributed by atoms with Crippen LogP contribution in [0.2, 0.25) is 0 Å². The van der Waals surface area contributed by atoms with Gasteiger partial charge in [0.15, 0.2) is 5.75 Å². The molecular weight excluding hydrogens is 246 g/mol. The maximum atomic E-state index is 9.00. The van der Waals surface area contributed by atoms with Gasteiger partial charge in [0.05, 0.1) is 7.11 Å². The van der Waals surface area contributed by atoms with Gasteiger partial charge >= 0.3 is 0 Å². The molecule has 0 aromatic carbocycles. The summed E-state index contributed by atoms with van der Waals surface area (Å²) in [7, 11) is 1.60. The van der Waals surface area contributed by atoms with E-state index in [9.17, 15) is 0 Å². The standard InChI is InChI=1S/C13H19N3OS/c1-17-12-11(15)10(8-14)18-13(12)16-9-6-4-2-3-5-7-9/h9,16H,2-7,15H2,1H3. The molecule has 0 aliphatic heterocycles. The zero-order chi connectivity index (χ0) is 13.0. The van der Waals surface area contributed by atoms with E-state index in [-0.39, 0.29) is 0 Å². The van der Waals surface area contributed by atoms with Crippen LogP contribution in [-0.2, 0) is 0 Å². The summed E-state index contributed by atoms with van der Waals surface area (Å²) in [5.74, 6) is 0.626. The minimum absolute atomic E-state index is 0.459. The van der Waals surface area contributed by atoms with Crippen molar-refractivity contribution in [2.24, 2.45) is 0 Å². The molecule has 0 spiro atoms. The van der Waals surface area contributed by atoms with E-state index in [4.69, 9.17) is 15.7 Å². The van der Waals surface area contributed by atoms with E-state index in [1.54, 1.807) is 7.11 Å². The lowest BCUT2D eigenvalue weighted by molar-refractivity contribution is 0.419. The van der Waals surface area contributed by atoms with E-state index in [2.05, 4.69) is 11.4 Å². The topological polar surface area (TPSA) is 71.1 Å². The number of nitrogen functional groups attached to an aromatic ring is 1. The molecule has 0 bridgehead atoms. The summed E-state index contributed by atoms with van der Waals surface area (Å²) in [5.41, 5.74) is 6.34. The number of anilines is 2. The van der Waals surface area contributed by atoms with Crippen molar-refractivity contribution < 1.29 is 4.74 Å². The van der Waals surface area contributed by atoms with Gasteiger partial charge in [-0.2, -0.15) is 5.26 Å². The zero-order valence-corrected chi connectivity index (χ0v) is 11.5. The summed E-state index contributed by atoms with van der Waals surface area (Å²) in [4.78, 5) is 0.531. The third-order valence-corrected chi connectivity index (χ3v) is 4.42. The van der Waals surface area contributed by atoms with Crippen LogP contribution in [0.3, 0.4) is 0 Å². The first-order chi connectivity index (χ1) is 8.76. The lowest BCUT2D eigenvalue weighted by Crippen LogP contribution is -2.17. The largest absolute Gasteiger partial charge is 0.492 e. The Balaban J connectivity index is 2.15. The fourth-order valence-corrected chi connectivity index (χ4v) is 3.38. The van der Waals surface area contributed by atoms with Crippen molar-refractivity contribution in [1.82, 2.24) is 0 Å². The van der Waals surface area contributed by atoms with Crippen molar-refractivity contribution in [2.75, 3.05) is 18.2 Å². The van der Waals surface area contributed by atoms with Gasteiger partial charge in [-0.15, -0.1) is 11.3 Å². The summed E-state index contributed by atoms with van der Waals surface area (Å²) in [6.07, 6.45) is 7.56. The zero-order valence-electron chi connectivity index (χ0n) is 10.7. The molecule has 1 aliphatic carbocycles. The van der Waals surface area contributed by atoms with Gasteiger partial charge in [0.1, 0.15) is 21.6 Å². The van der Waals surface area contributed by atoms with Crippen molar-refractivity contribution >= 4 is 22.0 Å². The molecule has 0 unspecified atom stereocenters. The molecule has 18 heavy (non-hydrogen) atoms. The third-order valence-electron chi connectivity index (χ3n) is 3.40. The smallest absolute Gasteiger partial charge is 0.177 e. The number of hydrogen-bond donors (Lipinski definition) is 2. The van der Waals surface area contributed by atoms with Crippen molar-refractivity contribution in [3.8, 4) is 11.8 Å². The van der Waals surface area contributed by atoms with Crippen molar-refractivity contribution in [2.45, 2.75) is 44.6 Å². The first kappa shape index (κ1) is 13.0. The van der Waals surface area contributed by atoms with Crippen LogP contribution in [0, 0.1) is 11.3 Å². The summed E-state index contributed by atoms with van der Waals surface area (Å²) >= 11 is 1.39. The first-order valence-electron chi connectivity index (χ1n) is 6.39. The van der Waals surface area contributed by atoms with Crippen molar-refractivity contribution in [1.29, 1.82) is 5.26 Å². The van der Waals surface area contributed by atoms with E-state index in [0.717, 1.165) is 5.00 Å². The molecule has 3 N–H and O–H groups in total. The SMILES string of the molecule is COc1c(NC2CCCCCC2)sc(C#N)c1N. The summed E-state index contributed by atoms with van der Waals surface area (Å²) < 4.78 is 5.30. The number of hydrogen-bond acceptors (Lipinski definition) is 5. The Kier molecular flexibility index (Phi) is 4.32. The van der Waals surface area contributed by atoms with Gasteiger partial charge in [-0.05, 0) is 12.8 Å². The Morgan fingerprint density at radius 3 is 2.56 bits per heavy atom. The van der Waals surface area contributed by atoms with Crippen LogP contribution < -0.4 is 15.8 Å². The second-order valence-corrected chi connectivity index (χ2v) is 5.67. The maximum absolute atomic E-state index is 9.00. The third kappa shape index (κ3) is 2.70. The highest BCUT2D eigenvalue weighted by molar-refractivity contribution is 7.17. The van der Waals surface area contributed by atoms with Crippen LogP contribution in [0.5, 0.6) is 5.75 Å². The highest BCUT2D eigenvalue weighted by Gasteiger charge is 2.20. The number of nitriles is 1. The average Bonchev–Trinajstić information content (AvgIpc) is 2.57. The summed E-state index contributed by atoms with van der Waals surface area (Å²) in [6, 6.07) is 2.59. The number of ether oxygens (including phenoxy) is 1. The highest BCUT2D eigenvalue weighted by atomic mass is 32.1. The van der Waals surface area contributed by atoms with Gasteiger partial charge in [-0.1, -0.05) is 25.7 Å². The highest BCUT2D eigenvalue weighted by Crippen LogP contribution is 2.42. The van der Waals surface area contributed by atoms with Crippen molar-refractivity contribution in [3.63, 3.8) is 0 Å². The van der Waals surface area contributed by atoms with E-state index in [1.165, 1.54) is 49.9 Å². The number of rotatable bonds is 3. The second-order valence-electron chi connectivity index (χ2n) is 4.65. The van der Waals surface area contributed by atoms with E-state index < -0.39 is 0 Å². The number of nitrogens with one attached hydrogen (secondary N) is 1. The fourth-order valence-electron chi connectivity index (χ4n) is 2.42. The molecule has 5 heteroatoms. The molecule has 98 valence electrons. The number of nitrogens with zero attached hydrogens (tertiary/aromatic N) is 1.